The fraction of sp³-hybridized carbons (Fsp3) is 0.333. The lowest BCUT2D eigenvalue weighted by Gasteiger charge is -2.48. The predicted octanol–water partition coefficient (Wildman–Crippen LogP) is 4.72. The third-order valence-electron chi connectivity index (χ3n) is 6.38. The van der Waals surface area contributed by atoms with Gasteiger partial charge in [-0.25, -0.2) is 0 Å². The van der Waals surface area contributed by atoms with E-state index in [0.29, 0.717) is 11.3 Å². The topological polar surface area (TPSA) is 132 Å². The summed E-state index contributed by atoms with van der Waals surface area (Å²) in [5.41, 5.74) is -3.77. The molecule has 2 aliphatic rings. The Morgan fingerprint density at radius 3 is 1.94 bits per heavy atom. The molecule has 4 rings (SSSR count). The number of hydrogen-bond donors (Lipinski definition) is 1. The van der Waals surface area contributed by atoms with Gasteiger partial charge in [-0.05, 0) is 35.4 Å². The normalized spacial score (nSPS) is 28.7. The fourth-order valence-electron chi connectivity index (χ4n) is 4.93. The Balaban J connectivity index is 1.89. The lowest BCUT2D eigenvalue weighted by Crippen LogP contribution is -2.57. The van der Waals surface area contributed by atoms with Crippen LogP contribution in [0.2, 0.25) is 0 Å². The predicted molar refractivity (Wildman–Crippen MR) is 112 cm³/mol. The number of alkyl halides is 3. The molecule has 4 atom stereocenters. The molecule has 0 saturated carbocycles. The molecule has 2 aliphatic heterocycles. The van der Waals surface area contributed by atoms with E-state index < -0.39 is 46.6 Å². The minimum Gasteiger partial charge on any atom is -0.497 e. The Kier molecular flexibility index (Phi) is 5.39. The van der Waals surface area contributed by atoms with E-state index in [9.17, 15) is 29.0 Å². The summed E-state index contributed by atoms with van der Waals surface area (Å²) in [7, 11) is 1.48. The molecule has 35 heavy (non-hydrogen) atoms. The monoisotopic (exact) mass is 482 g/mol. The zero-order chi connectivity index (χ0) is 25.6. The average Bonchev–Trinajstić information content (AvgIpc) is 3.01. The summed E-state index contributed by atoms with van der Waals surface area (Å²) < 4.78 is 58.6. The zero-order valence-corrected chi connectivity index (χ0v) is 18.4. The molecule has 2 saturated heterocycles. The number of hydrogen-bond acceptors (Lipinski definition) is 8. The standard InChI is InChI=1S/C24H17F3N4O4/c1-21-18(14-3-7-16(32-2)8-4-14)23(13-30,20(31)35-21)22(11-28,12-29)19(34-21)15-5-9-17(10-6-15)33-24(25,26)27/h3-10,18-19,31H,1-2H3. The third-order valence-corrected chi connectivity index (χ3v) is 6.38. The molecule has 2 fully saturated rings. The lowest BCUT2D eigenvalue weighted by atomic mass is 9.52. The first-order chi connectivity index (χ1) is 16.5. The second-order valence-electron chi connectivity index (χ2n) is 8.22. The quantitative estimate of drug-likeness (QED) is 0.667. The van der Waals surface area contributed by atoms with E-state index >= 15 is 0 Å². The van der Waals surface area contributed by atoms with Crippen LogP contribution in [-0.4, -0.2) is 25.2 Å². The van der Waals surface area contributed by atoms with E-state index in [4.69, 9.17) is 19.6 Å². The highest BCUT2D eigenvalue weighted by molar-refractivity contribution is 5.90. The van der Waals surface area contributed by atoms with Gasteiger partial charge in [-0.15, -0.1) is 13.2 Å². The van der Waals surface area contributed by atoms with Gasteiger partial charge in [0.05, 0.1) is 31.2 Å². The molecule has 2 bridgehead atoms. The molecular weight excluding hydrogens is 465 g/mol. The summed E-state index contributed by atoms with van der Waals surface area (Å²) in [5.74, 6) is -3.30. The summed E-state index contributed by atoms with van der Waals surface area (Å²) in [5, 5.41) is 39.6. The molecule has 4 unspecified atom stereocenters. The summed E-state index contributed by atoms with van der Waals surface area (Å²) in [4.78, 5) is 0. The second-order valence-corrected chi connectivity index (χ2v) is 8.22. The van der Waals surface area contributed by atoms with E-state index in [0.717, 1.165) is 12.1 Å². The van der Waals surface area contributed by atoms with Gasteiger partial charge in [0.15, 0.2) is 5.41 Å². The minimum absolute atomic E-state index is 0.139. The van der Waals surface area contributed by atoms with Crippen LogP contribution in [0.15, 0.2) is 48.5 Å². The molecule has 0 radical (unpaired) electrons. The number of nitriles is 3. The van der Waals surface area contributed by atoms with E-state index in [1.54, 1.807) is 24.3 Å². The van der Waals surface area contributed by atoms with E-state index in [-0.39, 0.29) is 5.56 Å². The highest BCUT2D eigenvalue weighted by atomic mass is 19.4. The highest BCUT2D eigenvalue weighted by Crippen LogP contribution is 2.69. The van der Waals surface area contributed by atoms with Crippen LogP contribution in [0.3, 0.4) is 0 Å². The Bertz CT molecular complexity index is 1280. The van der Waals surface area contributed by atoms with Crippen molar-refractivity contribution in [3.05, 3.63) is 59.7 Å². The molecule has 2 aromatic rings. The molecule has 8 nitrogen and oxygen atoms in total. The Morgan fingerprint density at radius 1 is 0.914 bits per heavy atom. The molecular formula is C24H17F3N4O4. The van der Waals surface area contributed by atoms with Gasteiger partial charge in [0.25, 0.3) is 0 Å². The number of halogens is 3. The number of rotatable bonds is 4. The molecule has 1 N–H and O–H groups in total. The summed E-state index contributed by atoms with van der Waals surface area (Å²) in [6.45, 7) is 1.49. The number of ether oxygens (including phenoxy) is 4. The lowest BCUT2D eigenvalue weighted by molar-refractivity contribution is -0.274. The Labute approximate surface area is 198 Å². The summed E-state index contributed by atoms with van der Waals surface area (Å²) in [6, 6.07) is 16.7. The van der Waals surface area contributed by atoms with Crippen LogP contribution in [0.1, 0.15) is 30.1 Å². The van der Waals surface area contributed by atoms with Gasteiger partial charge in [0, 0.05) is 6.92 Å². The summed E-state index contributed by atoms with van der Waals surface area (Å²) in [6.07, 6.45) is -6.34. The molecule has 0 spiro atoms. The van der Waals surface area contributed by atoms with Crippen LogP contribution in [0.5, 0.6) is 11.5 Å². The summed E-state index contributed by atoms with van der Waals surface area (Å²) >= 11 is 0. The van der Waals surface area contributed by atoms with Crippen LogP contribution >= 0.6 is 0 Å². The smallest absolute Gasteiger partial charge is 0.497 e. The molecule has 0 aliphatic carbocycles. The van der Waals surface area contributed by atoms with Crippen LogP contribution < -0.4 is 9.47 Å². The van der Waals surface area contributed by atoms with Crippen LogP contribution in [0.25, 0.3) is 0 Å². The molecule has 2 aromatic carbocycles. The van der Waals surface area contributed by atoms with Crippen molar-refractivity contribution in [1.82, 2.24) is 0 Å². The van der Waals surface area contributed by atoms with Gasteiger partial charge in [0.2, 0.25) is 17.1 Å². The number of fused-ring (bicyclic) bond motifs is 2. The fourth-order valence-corrected chi connectivity index (χ4v) is 4.93. The minimum atomic E-state index is -4.90. The molecule has 0 amide bonds. The average molecular weight is 482 g/mol. The van der Waals surface area contributed by atoms with Crippen molar-refractivity contribution in [2.45, 2.75) is 31.1 Å². The van der Waals surface area contributed by atoms with E-state index in [1.165, 1.54) is 26.2 Å². The Morgan fingerprint density at radius 2 is 1.46 bits per heavy atom. The van der Waals surface area contributed by atoms with Crippen molar-refractivity contribution < 1.29 is 32.1 Å². The SMILES string of the molecule is COc1ccc(C2C3(C)OC(=N)C2(C#N)C(C#N)(C#N)C(c2ccc(OC(F)(F)F)cc2)O3)cc1. The van der Waals surface area contributed by atoms with Gasteiger partial charge in [0.1, 0.15) is 17.6 Å². The number of nitrogens with one attached hydrogen (secondary N) is 1. The first-order valence-corrected chi connectivity index (χ1v) is 10.2. The van der Waals surface area contributed by atoms with Gasteiger partial charge < -0.3 is 18.9 Å². The maximum atomic E-state index is 12.6. The van der Waals surface area contributed by atoms with E-state index in [2.05, 4.69) is 4.74 Å². The number of nitrogens with zero attached hydrogens (tertiary/aromatic N) is 3. The van der Waals surface area contributed by atoms with Gasteiger partial charge in [-0.3, -0.25) is 5.41 Å². The van der Waals surface area contributed by atoms with Crippen molar-refractivity contribution in [3.63, 3.8) is 0 Å². The van der Waals surface area contributed by atoms with Crippen molar-refractivity contribution in [2.75, 3.05) is 7.11 Å². The maximum absolute atomic E-state index is 12.6. The second kappa shape index (κ2) is 7.90. The first-order valence-electron chi connectivity index (χ1n) is 10.2. The van der Waals surface area contributed by atoms with Crippen LogP contribution in [0, 0.1) is 50.2 Å². The number of methoxy groups -OCH3 is 1. The van der Waals surface area contributed by atoms with Crippen molar-refractivity contribution in [2.24, 2.45) is 10.8 Å². The highest BCUT2D eigenvalue weighted by Gasteiger charge is 2.79. The third kappa shape index (κ3) is 3.34. The van der Waals surface area contributed by atoms with Crippen LogP contribution in [0.4, 0.5) is 13.2 Å². The van der Waals surface area contributed by atoms with Gasteiger partial charge >= 0.3 is 6.36 Å². The Hall–Kier alpha value is -4.27. The zero-order valence-electron chi connectivity index (χ0n) is 18.4. The number of benzene rings is 2. The van der Waals surface area contributed by atoms with Crippen LogP contribution in [-0.2, 0) is 9.47 Å². The van der Waals surface area contributed by atoms with Gasteiger partial charge in [-0.1, -0.05) is 24.3 Å². The first kappa shape index (κ1) is 23.9. The maximum Gasteiger partial charge on any atom is 0.573 e. The van der Waals surface area contributed by atoms with Gasteiger partial charge in [-0.2, -0.15) is 15.8 Å². The van der Waals surface area contributed by atoms with Crippen molar-refractivity contribution >= 4 is 5.90 Å². The van der Waals surface area contributed by atoms with E-state index in [1.807, 2.05) is 18.2 Å². The largest absolute Gasteiger partial charge is 0.573 e. The molecule has 11 heteroatoms. The molecule has 178 valence electrons. The molecule has 0 aromatic heterocycles. The molecule has 2 heterocycles. The van der Waals surface area contributed by atoms with Crippen molar-refractivity contribution in [3.8, 4) is 29.7 Å². The van der Waals surface area contributed by atoms with Crippen molar-refractivity contribution in [1.29, 1.82) is 21.2 Å².